The van der Waals surface area contributed by atoms with Crippen molar-refractivity contribution in [3.8, 4) is 17.2 Å². The number of carbonyl (C=O) groups is 1. The highest BCUT2D eigenvalue weighted by molar-refractivity contribution is 6.05. The molecule has 7 nitrogen and oxygen atoms in total. The lowest BCUT2D eigenvalue weighted by Gasteiger charge is -2.12. The van der Waals surface area contributed by atoms with Gasteiger partial charge in [0, 0.05) is 30.7 Å². The third-order valence-corrected chi connectivity index (χ3v) is 5.32. The van der Waals surface area contributed by atoms with E-state index in [1.54, 1.807) is 29.2 Å². The Bertz CT molecular complexity index is 1300. The second kappa shape index (κ2) is 9.41. The van der Waals surface area contributed by atoms with Crippen LogP contribution in [0.2, 0.25) is 0 Å². The molecule has 0 saturated carbocycles. The molecule has 160 valence electrons. The van der Waals surface area contributed by atoms with Crippen molar-refractivity contribution in [3.05, 3.63) is 77.7 Å². The number of anilines is 1. The topological polar surface area (TPSA) is 95.6 Å². The lowest BCUT2D eigenvalue weighted by Crippen LogP contribution is -2.16. The zero-order valence-corrected chi connectivity index (χ0v) is 18.1. The number of pyridine rings is 1. The van der Waals surface area contributed by atoms with Gasteiger partial charge in [0.15, 0.2) is 0 Å². The zero-order chi connectivity index (χ0) is 22.5. The monoisotopic (exact) mass is 424 g/mol. The smallest absolute Gasteiger partial charge is 0.274 e. The maximum absolute atomic E-state index is 12.8. The van der Waals surface area contributed by atoms with E-state index in [4.69, 9.17) is 0 Å². The van der Waals surface area contributed by atoms with Gasteiger partial charge in [0.05, 0.1) is 23.0 Å². The highest BCUT2D eigenvalue weighted by Gasteiger charge is 2.16. The van der Waals surface area contributed by atoms with Crippen LogP contribution in [0, 0.1) is 11.3 Å². The summed E-state index contributed by atoms with van der Waals surface area (Å²) in [4.78, 5) is 17.1. The maximum atomic E-state index is 12.8. The van der Waals surface area contributed by atoms with Crippen LogP contribution in [-0.4, -0.2) is 27.2 Å². The predicted octanol–water partition coefficient (Wildman–Crippen LogP) is 4.26. The van der Waals surface area contributed by atoms with Gasteiger partial charge in [0.2, 0.25) is 0 Å². The summed E-state index contributed by atoms with van der Waals surface area (Å²) in [5, 5.41) is 21.4. The fourth-order valence-electron chi connectivity index (χ4n) is 3.67. The van der Waals surface area contributed by atoms with Gasteiger partial charge in [-0.15, -0.1) is 0 Å². The standard InChI is InChI=1S/C25H24N6O/c1-3-12-27-14-17-10-11-23(28-15-17)25(32)30-22-8-4-6-18(20(22)13-26)19-7-5-9-24-21(19)16-29-31(24)2/h4-11,15-16,27H,3,12,14H2,1-2H3,(H,30,32). The molecule has 0 spiro atoms. The first-order chi connectivity index (χ1) is 15.6. The van der Waals surface area contributed by atoms with Crippen LogP contribution in [0.3, 0.4) is 0 Å². The summed E-state index contributed by atoms with van der Waals surface area (Å²) in [6, 6.07) is 17.2. The minimum absolute atomic E-state index is 0.299. The molecule has 0 radical (unpaired) electrons. The first-order valence-corrected chi connectivity index (χ1v) is 10.5. The molecule has 1 amide bonds. The van der Waals surface area contributed by atoms with Gasteiger partial charge >= 0.3 is 0 Å². The van der Waals surface area contributed by atoms with Crippen LogP contribution in [0.1, 0.15) is 35.0 Å². The van der Waals surface area contributed by atoms with Crippen LogP contribution in [0.5, 0.6) is 0 Å². The highest BCUT2D eigenvalue weighted by Crippen LogP contribution is 2.33. The average Bonchev–Trinajstić information content (AvgIpc) is 3.20. The number of carbonyl (C=O) groups excluding carboxylic acids is 1. The molecule has 2 aromatic heterocycles. The van der Waals surface area contributed by atoms with Gasteiger partial charge in [-0.05, 0) is 42.3 Å². The molecule has 2 heterocycles. The number of aryl methyl sites for hydroxylation is 1. The Kier molecular flexibility index (Phi) is 6.24. The van der Waals surface area contributed by atoms with Gasteiger partial charge in [-0.25, -0.2) is 0 Å². The van der Waals surface area contributed by atoms with Crippen LogP contribution in [-0.2, 0) is 13.6 Å². The van der Waals surface area contributed by atoms with Gasteiger partial charge in [0.25, 0.3) is 5.91 Å². The average molecular weight is 425 g/mol. The summed E-state index contributed by atoms with van der Waals surface area (Å²) in [6.45, 7) is 3.76. The molecule has 2 aromatic carbocycles. The van der Waals surface area contributed by atoms with Crippen LogP contribution in [0.15, 0.2) is 60.9 Å². The van der Waals surface area contributed by atoms with Crippen LogP contribution in [0.25, 0.3) is 22.0 Å². The Morgan fingerprint density at radius 3 is 2.66 bits per heavy atom. The molecule has 0 atom stereocenters. The number of nitrogens with zero attached hydrogens (tertiary/aromatic N) is 4. The van der Waals surface area contributed by atoms with Gasteiger partial charge in [0.1, 0.15) is 11.8 Å². The largest absolute Gasteiger partial charge is 0.319 e. The number of rotatable bonds is 7. The second-order valence-electron chi connectivity index (χ2n) is 7.53. The summed E-state index contributed by atoms with van der Waals surface area (Å²) in [5.74, 6) is -0.355. The van der Waals surface area contributed by atoms with E-state index in [2.05, 4.69) is 33.7 Å². The van der Waals surface area contributed by atoms with Crippen LogP contribution < -0.4 is 10.6 Å². The minimum atomic E-state index is -0.355. The second-order valence-corrected chi connectivity index (χ2v) is 7.53. The van der Waals surface area contributed by atoms with E-state index in [9.17, 15) is 10.1 Å². The summed E-state index contributed by atoms with van der Waals surface area (Å²) in [7, 11) is 1.88. The number of fused-ring (bicyclic) bond motifs is 1. The summed E-state index contributed by atoms with van der Waals surface area (Å²) < 4.78 is 1.80. The number of nitrogens with one attached hydrogen (secondary N) is 2. The number of hydrogen-bond acceptors (Lipinski definition) is 5. The zero-order valence-electron chi connectivity index (χ0n) is 18.1. The number of nitriles is 1. The first kappa shape index (κ1) is 21.2. The van der Waals surface area contributed by atoms with E-state index in [0.717, 1.165) is 40.6 Å². The van der Waals surface area contributed by atoms with Crippen molar-refractivity contribution in [1.29, 1.82) is 5.26 Å². The van der Waals surface area contributed by atoms with E-state index in [-0.39, 0.29) is 5.91 Å². The van der Waals surface area contributed by atoms with Crippen molar-refractivity contribution in [2.75, 3.05) is 11.9 Å². The SMILES string of the molecule is CCCNCc1ccc(C(=O)Nc2cccc(-c3cccc4c3cnn4C)c2C#N)nc1. The van der Waals surface area contributed by atoms with E-state index >= 15 is 0 Å². The van der Waals surface area contributed by atoms with Gasteiger partial charge in [-0.3, -0.25) is 14.5 Å². The Hall–Kier alpha value is -4.02. The van der Waals surface area contributed by atoms with E-state index in [1.165, 1.54) is 0 Å². The Labute approximate surface area is 186 Å². The molecule has 0 unspecified atom stereocenters. The number of aromatic nitrogens is 3. The molecule has 0 saturated heterocycles. The van der Waals surface area contributed by atoms with Crippen LogP contribution >= 0.6 is 0 Å². The van der Waals surface area contributed by atoms with Crippen molar-refractivity contribution < 1.29 is 4.79 Å². The normalized spacial score (nSPS) is 10.8. The molecule has 0 aliphatic heterocycles. The number of hydrogen-bond donors (Lipinski definition) is 2. The fraction of sp³-hybridized carbons (Fsp3) is 0.200. The van der Waals surface area contributed by atoms with E-state index in [1.807, 2.05) is 43.4 Å². The van der Waals surface area contributed by atoms with Crippen molar-refractivity contribution >= 4 is 22.5 Å². The van der Waals surface area contributed by atoms with Crippen molar-refractivity contribution in [2.24, 2.45) is 7.05 Å². The maximum Gasteiger partial charge on any atom is 0.274 e. The minimum Gasteiger partial charge on any atom is -0.319 e. The fourth-order valence-corrected chi connectivity index (χ4v) is 3.67. The lowest BCUT2D eigenvalue weighted by atomic mass is 9.96. The quantitative estimate of drug-likeness (QED) is 0.432. The molecule has 7 heteroatoms. The predicted molar refractivity (Wildman–Crippen MR) is 125 cm³/mol. The van der Waals surface area contributed by atoms with Gasteiger partial charge in [-0.2, -0.15) is 10.4 Å². The van der Waals surface area contributed by atoms with E-state index < -0.39 is 0 Å². The molecule has 0 aliphatic rings. The molecule has 4 aromatic rings. The Morgan fingerprint density at radius 2 is 1.91 bits per heavy atom. The number of benzene rings is 2. The van der Waals surface area contributed by atoms with Gasteiger partial charge in [-0.1, -0.05) is 37.3 Å². The molecule has 32 heavy (non-hydrogen) atoms. The molecule has 4 rings (SSSR count). The van der Waals surface area contributed by atoms with E-state index in [0.29, 0.717) is 23.5 Å². The molecule has 0 bridgehead atoms. The summed E-state index contributed by atoms with van der Waals surface area (Å²) in [5.41, 5.74) is 4.77. The molecule has 0 fully saturated rings. The molecular weight excluding hydrogens is 400 g/mol. The number of amides is 1. The molecule has 2 N–H and O–H groups in total. The van der Waals surface area contributed by atoms with Crippen molar-refractivity contribution in [2.45, 2.75) is 19.9 Å². The summed E-state index contributed by atoms with van der Waals surface area (Å²) >= 11 is 0. The van der Waals surface area contributed by atoms with Gasteiger partial charge < -0.3 is 10.6 Å². The van der Waals surface area contributed by atoms with Crippen molar-refractivity contribution in [1.82, 2.24) is 20.1 Å². The summed E-state index contributed by atoms with van der Waals surface area (Å²) in [6.07, 6.45) is 4.55. The third kappa shape index (κ3) is 4.22. The first-order valence-electron chi connectivity index (χ1n) is 10.5. The highest BCUT2D eigenvalue weighted by atomic mass is 16.1. The molecule has 0 aliphatic carbocycles. The third-order valence-electron chi connectivity index (χ3n) is 5.32. The van der Waals surface area contributed by atoms with Crippen LogP contribution in [0.4, 0.5) is 5.69 Å². The Morgan fingerprint density at radius 1 is 1.09 bits per heavy atom. The Balaban J connectivity index is 1.61. The molecular formula is C25H24N6O. The van der Waals surface area contributed by atoms with Crippen molar-refractivity contribution in [3.63, 3.8) is 0 Å². The lowest BCUT2D eigenvalue weighted by molar-refractivity contribution is 0.102.